The SMILES string of the molecule is CCc1nc(CN2CC[C@H](Oc3ccccc3)[C@@](C)(O)C2)c(C)[nH]1. The van der Waals surface area contributed by atoms with Gasteiger partial charge in [-0.1, -0.05) is 25.1 Å². The average Bonchev–Trinajstić information content (AvgIpc) is 2.91. The number of aryl methyl sites for hydroxylation is 2. The standard InChI is InChI=1S/C19H27N3O2/c1-4-18-20-14(2)16(21-18)12-22-11-10-17(19(3,23)13-22)24-15-8-6-5-7-9-15/h5-9,17,23H,4,10-13H2,1-3H3,(H,20,21)/t17-,19-/m0/s1. The lowest BCUT2D eigenvalue weighted by atomic mass is 9.91. The number of imidazole rings is 1. The first-order valence-electron chi connectivity index (χ1n) is 8.68. The Bertz CT molecular complexity index is 667. The Labute approximate surface area is 143 Å². The highest BCUT2D eigenvalue weighted by Crippen LogP contribution is 2.27. The minimum absolute atomic E-state index is 0.192. The molecular weight excluding hydrogens is 302 g/mol. The summed E-state index contributed by atoms with van der Waals surface area (Å²) in [5, 5.41) is 10.9. The first-order chi connectivity index (χ1) is 11.5. The molecule has 0 aliphatic carbocycles. The van der Waals surface area contributed by atoms with Crippen LogP contribution in [0.15, 0.2) is 30.3 Å². The summed E-state index contributed by atoms with van der Waals surface area (Å²) in [5.41, 5.74) is 1.31. The van der Waals surface area contributed by atoms with Crippen molar-refractivity contribution in [1.29, 1.82) is 0 Å². The molecule has 130 valence electrons. The molecule has 1 aliphatic heterocycles. The molecular formula is C19H27N3O2. The lowest BCUT2D eigenvalue weighted by molar-refractivity contribution is -0.0995. The van der Waals surface area contributed by atoms with Gasteiger partial charge in [0.05, 0.1) is 5.69 Å². The molecule has 5 heteroatoms. The van der Waals surface area contributed by atoms with E-state index in [0.717, 1.165) is 48.9 Å². The number of nitrogens with one attached hydrogen (secondary N) is 1. The highest BCUT2D eigenvalue weighted by molar-refractivity contribution is 5.22. The quantitative estimate of drug-likeness (QED) is 0.885. The van der Waals surface area contributed by atoms with E-state index in [1.165, 1.54) is 0 Å². The summed E-state index contributed by atoms with van der Waals surface area (Å²) < 4.78 is 6.02. The number of benzene rings is 1. The molecule has 2 heterocycles. The second-order valence-corrected chi connectivity index (χ2v) is 6.88. The third-order valence-corrected chi connectivity index (χ3v) is 4.71. The van der Waals surface area contributed by atoms with E-state index in [0.29, 0.717) is 6.54 Å². The predicted octanol–water partition coefficient (Wildman–Crippen LogP) is 2.68. The van der Waals surface area contributed by atoms with E-state index in [2.05, 4.69) is 28.7 Å². The van der Waals surface area contributed by atoms with Crippen molar-refractivity contribution in [1.82, 2.24) is 14.9 Å². The lowest BCUT2D eigenvalue weighted by Gasteiger charge is -2.42. The Kier molecular flexibility index (Phi) is 4.92. The number of β-amino-alcohol motifs (C(OH)–C–C–N with tert-alkyl or cyclic N) is 1. The summed E-state index contributed by atoms with van der Waals surface area (Å²) >= 11 is 0. The summed E-state index contributed by atoms with van der Waals surface area (Å²) in [6, 6.07) is 9.73. The van der Waals surface area contributed by atoms with Crippen molar-refractivity contribution in [2.75, 3.05) is 13.1 Å². The molecule has 0 spiro atoms. The number of aromatic nitrogens is 2. The van der Waals surface area contributed by atoms with Crippen molar-refractivity contribution in [2.45, 2.75) is 51.9 Å². The molecule has 0 saturated carbocycles. The van der Waals surface area contributed by atoms with Gasteiger partial charge in [0.2, 0.25) is 0 Å². The van der Waals surface area contributed by atoms with Gasteiger partial charge >= 0.3 is 0 Å². The molecule has 0 radical (unpaired) electrons. The van der Waals surface area contributed by atoms with Crippen LogP contribution < -0.4 is 4.74 Å². The summed E-state index contributed by atoms with van der Waals surface area (Å²) in [4.78, 5) is 10.2. The molecule has 5 nitrogen and oxygen atoms in total. The molecule has 1 fully saturated rings. The Morgan fingerprint density at radius 2 is 2.12 bits per heavy atom. The van der Waals surface area contributed by atoms with Gasteiger partial charge in [0.15, 0.2) is 0 Å². The third-order valence-electron chi connectivity index (χ3n) is 4.71. The monoisotopic (exact) mass is 329 g/mol. The second kappa shape index (κ2) is 6.95. The van der Waals surface area contributed by atoms with Crippen molar-refractivity contribution in [2.24, 2.45) is 0 Å². The van der Waals surface area contributed by atoms with Crippen LogP contribution in [0.1, 0.15) is 37.5 Å². The minimum Gasteiger partial charge on any atom is -0.487 e. The molecule has 2 N–H and O–H groups in total. The number of aromatic amines is 1. The van der Waals surface area contributed by atoms with E-state index in [4.69, 9.17) is 4.74 Å². The summed E-state index contributed by atoms with van der Waals surface area (Å²) in [5.74, 6) is 1.84. The van der Waals surface area contributed by atoms with Crippen LogP contribution in [0.4, 0.5) is 0 Å². The Morgan fingerprint density at radius 1 is 1.38 bits per heavy atom. The van der Waals surface area contributed by atoms with Crippen molar-refractivity contribution in [3.05, 3.63) is 47.5 Å². The van der Waals surface area contributed by atoms with Crippen LogP contribution in [-0.2, 0) is 13.0 Å². The zero-order chi connectivity index (χ0) is 17.2. The van der Waals surface area contributed by atoms with E-state index in [-0.39, 0.29) is 6.10 Å². The van der Waals surface area contributed by atoms with Crippen LogP contribution in [-0.4, -0.2) is 44.8 Å². The molecule has 1 saturated heterocycles. The summed E-state index contributed by atoms with van der Waals surface area (Å²) in [6.07, 6.45) is 1.51. The maximum atomic E-state index is 10.9. The molecule has 1 aromatic carbocycles. The molecule has 2 aromatic rings. The Hall–Kier alpha value is -1.85. The van der Waals surface area contributed by atoms with E-state index >= 15 is 0 Å². The minimum atomic E-state index is -0.883. The first-order valence-corrected chi connectivity index (χ1v) is 8.68. The molecule has 1 aromatic heterocycles. The van der Waals surface area contributed by atoms with Crippen LogP contribution in [0.2, 0.25) is 0 Å². The van der Waals surface area contributed by atoms with Gasteiger partial charge < -0.3 is 14.8 Å². The number of para-hydroxylation sites is 1. The van der Waals surface area contributed by atoms with Gasteiger partial charge in [0, 0.05) is 31.7 Å². The number of rotatable bonds is 5. The topological polar surface area (TPSA) is 61.4 Å². The van der Waals surface area contributed by atoms with Crippen LogP contribution in [0.5, 0.6) is 5.75 Å². The fourth-order valence-corrected chi connectivity index (χ4v) is 3.32. The van der Waals surface area contributed by atoms with Crippen LogP contribution in [0.25, 0.3) is 0 Å². The Balaban J connectivity index is 1.63. The largest absolute Gasteiger partial charge is 0.487 e. The third kappa shape index (κ3) is 3.79. The van der Waals surface area contributed by atoms with Gasteiger partial charge in [0.1, 0.15) is 23.3 Å². The molecule has 24 heavy (non-hydrogen) atoms. The van der Waals surface area contributed by atoms with Gasteiger partial charge in [-0.15, -0.1) is 0 Å². The second-order valence-electron chi connectivity index (χ2n) is 6.88. The maximum Gasteiger partial charge on any atom is 0.129 e. The number of hydrogen-bond donors (Lipinski definition) is 2. The highest BCUT2D eigenvalue weighted by atomic mass is 16.5. The molecule has 0 amide bonds. The van der Waals surface area contributed by atoms with Crippen molar-refractivity contribution < 1.29 is 9.84 Å². The number of piperidine rings is 1. The van der Waals surface area contributed by atoms with E-state index in [1.54, 1.807) is 0 Å². The van der Waals surface area contributed by atoms with Crippen molar-refractivity contribution in [3.63, 3.8) is 0 Å². The van der Waals surface area contributed by atoms with Gasteiger partial charge in [-0.2, -0.15) is 0 Å². The number of aliphatic hydroxyl groups is 1. The first kappa shape index (κ1) is 17.0. The normalized spacial score (nSPS) is 24.9. The average molecular weight is 329 g/mol. The number of hydrogen-bond acceptors (Lipinski definition) is 4. The fraction of sp³-hybridized carbons (Fsp3) is 0.526. The zero-order valence-electron chi connectivity index (χ0n) is 14.7. The number of nitrogens with zero attached hydrogens (tertiary/aromatic N) is 2. The molecule has 1 aliphatic rings. The van der Waals surface area contributed by atoms with Crippen molar-refractivity contribution >= 4 is 0 Å². The van der Waals surface area contributed by atoms with Gasteiger partial charge in [-0.05, 0) is 32.4 Å². The van der Waals surface area contributed by atoms with Crippen LogP contribution in [0, 0.1) is 6.92 Å². The zero-order valence-corrected chi connectivity index (χ0v) is 14.7. The van der Waals surface area contributed by atoms with Gasteiger partial charge in [-0.25, -0.2) is 4.98 Å². The maximum absolute atomic E-state index is 10.9. The van der Waals surface area contributed by atoms with Gasteiger partial charge in [-0.3, -0.25) is 4.90 Å². The molecule has 0 unspecified atom stereocenters. The molecule has 2 atom stereocenters. The molecule has 0 bridgehead atoms. The van der Waals surface area contributed by atoms with Gasteiger partial charge in [0.25, 0.3) is 0 Å². The highest BCUT2D eigenvalue weighted by Gasteiger charge is 2.39. The molecule has 3 rings (SSSR count). The van der Waals surface area contributed by atoms with E-state index < -0.39 is 5.60 Å². The summed E-state index contributed by atoms with van der Waals surface area (Å²) in [7, 11) is 0. The van der Waals surface area contributed by atoms with E-state index in [1.807, 2.05) is 37.3 Å². The number of ether oxygens (including phenoxy) is 1. The van der Waals surface area contributed by atoms with E-state index in [9.17, 15) is 5.11 Å². The van der Waals surface area contributed by atoms with Crippen molar-refractivity contribution in [3.8, 4) is 5.75 Å². The Morgan fingerprint density at radius 3 is 2.75 bits per heavy atom. The number of H-pyrrole nitrogens is 1. The van der Waals surface area contributed by atoms with Crippen LogP contribution >= 0.6 is 0 Å². The lowest BCUT2D eigenvalue weighted by Crippen LogP contribution is -2.56. The predicted molar refractivity (Wildman–Crippen MR) is 94.1 cm³/mol. The smallest absolute Gasteiger partial charge is 0.129 e. The van der Waals surface area contributed by atoms with Crippen LogP contribution in [0.3, 0.4) is 0 Å². The number of likely N-dealkylation sites (tertiary alicyclic amines) is 1. The summed E-state index contributed by atoms with van der Waals surface area (Å²) in [6.45, 7) is 8.25. The fourth-order valence-electron chi connectivity index (χ4n) is 3.32.